The second-order valence-electron chi connectivity index (χ2n) is 6.24. The maximum absolute atomic E-state index is 4.41. The fourth-order valence-electron chi connectivity index (χ4n) is 3.29. The summed E-state index contributed by atoms with van der Waals surface area (Å²) in [6.45, 7) is 4.35. The highest BCUT2D eigenvalue weighted by Gasteiger charge is 2.35. The van der Waals surface area contributed by atoms with Gasteiger partial charge < -0.3 is 5.32 Å². The molecule has 3 heteroatoms. The lowest BCUT2D eigenvalue weighted by Crippen LogP contribution is -2.35. The van der Waals surface area contributed by atoms with Crippen molar-refractivity contribution in [1.29, 1.82) is 0 Å². The van der Waals surface area contributed by atoms with Gasteiger partial charge in [-0.2, -0.15) is 5.10 Å². The monoisotopic (exact) mass is 247 g/mol. The van der Waals surface area contributed by atoms with E-state index in [9.17, 15) is 0 Å². The predicted octanol–water partition coefficient (Wildman–Crippen LogP) is 2.76. The molecule has 18 heavy (non-hydrogen) atoms. The van der Waals surface area contributed by atoms with Gasteiger partial charge in [-0.15, -0.1) is 0 Å². The van der Waals surface area contributed by atoms with Gasteiger partial charge in [-0.25, -0.2) is 0 Å². The number of hydrogen-bond donors (Lipinski definition) is 1. The summed E-state index contributed by atoms with van der Waals surface area (Å²) in [5, 5.41) is 8.16. The zero-order chi connectivity index (χ0) is 12.4. The first kappa shape index (κ1) is 12.2. The van der Waals surface area contributed by atoms with E-state index in [-0.39, 0.29) is 0 Å². The van der Waals surface area contributed by atoms with E-state index in [4.69, 9.17) is 0 Å². The Balaban J connectivity index is 1.64. The molecule has 1 aromatic heterocycles. The predicted molar refractivity (Wildman–Crippen MR) is 73.5 cm³/mol. The molecular formula is C15H25N3. The quantitative estimate of drug-likeness (QED) is 0.837. The summed E-state index contributed by atoms with van der Waals surface area (Å²) < 4.78 is 2.05. The smallest absolute Gasteiger partial charge is 0.0521 e. The highest BCUT2D eigenvalue weighted by molar-refractivity contribution is 5.09. The lowest BCUT2D eigenvalue weighted by molar-refractivity contribution is 0.276. The van der Waals surface area contributed by atoms with Crippen LogP contribution < -0.4 is 5.32 Å². The van der Waals surface area contributed by atoms with E-state index in [0.29, 0.717) is 5.41 Å². The third-order valence-corrected chi connectivity index (χ3v) is 4.60. The van der Waals surface area contributed by atoms with Gasteiger partial charge in [0.2, 0.25) is 0 Å². The van der Waals surface area contributed by atoms with Crippen molar-refractivity contribution in [2.45, 2.75) is 64.5 Å². The first-order valence-electron chi connectivity index (χ1n) is 7.54. The third kappa shape index (κ3) is 2.77. The number of nitrogens with one attached hydrogen (secondary N) is 1. The van der Waals surface area contributed by atoms with Crippen molar-refractivity contribution >= 4 is 0 Å². The average molecular weight is 247 g/mol. The van der Waals surface area contributed by atoms with E-state index in [1.165, 1.54) is 57.1 Å². The Hall–Kier alpha value is -0.830. The summed E-state index contributed by atoms with van der Waals surface area (Å²) in [6.07, 6.45) is 13.9. The van der Waals surface area contributed by atoms with Crippen LogP contribution in [0.25, 0.3) is 0 Å². The van der Waals surface area contributed by atoms with Gasteiger partial charge in [0, 0.05) is 25.3 Å². The van der Waals surface area contributed by atoms with Crippen LogP contribution in [0.2, 0.25) is 0 Å². The van der Waals surface area contributed by atoms with Gasteiger partial charge in [-0.1, -0.05) is 12.8 Å². The highest BCUT2D eigenvalue weighted by Crippen LogP contribution is 2.41. The highest BCUT2D eigenvalue weighted by atomic mass is 15.3. The molecule has 1 heterocycles. The number of hydrogen-bond acceptors (Lipinski definition) is 2. The lowest BCUT2D eigenvalue weighted by atomic mass is 9.80. The molecule has 0 amide bonds. The molecule has 2 aliphatic rings. The maximum Gasteiger partial charge on any atom is 0.0521 e. The summed E-state index contributed by atoms with van der Waals surface area (Å²) in [7, 11) is 0. The fraction of sp³-hybridized carbons (Fsp3) is 0.800. The molecule has 0 saturated heterocycles. The largest absolute Gasteiger partial charge is 0.313 e. The normalized spacial score (nSPS) is 22.5. The molecule has 3 rings (SSSR count). The van der Waals surface area contributed by atoms with Crippen molar-refractivity contribution < 1.29 is 0 Å². The molecule has 3 nitrogen and oxygen atoms in total. The Bertz CT molecular complexity index is 386. The van der Waals surface area contributed by atoms with Crippen molar-refractivity contribution in [3.8, 4) is 0 Å². The van der Waals surface area contributed by atoms with Gasteiger partial charge in [-0.3, -0.25) is 4.68 Å². The Morgan fingerprint density at radius 3 is 2.78 bits per heavy atom. The maximum atomic E-state index is 4.41. The van der Waals surface area contributed by atoms with E-state index < -0.39 is 0 Å². The van der Waals surface area contributed by atoms with Gasteiger partial charge in [0.25, 0.3) is 0 Å². The zero-order valence-electron chi connectivity index (χ0n) is 11.5. The molecule has 2 saturated carbocycles. The molecule has 0 unspecified atom stereocenters. The Morgan fingerprint density at radius 2 is 2.17 bits per heavy atom. The third-order valence-electron chi connectivity index (χ3n) is 4.60. The second kappa shape index (κ2) is 5.04. The molecule has 100 valence electrons. The molecule has 1 aromatic rings. The molecule has 1 N–H and O–H groups in total. The number of rotatable bonds is 6. The van der Waals surface area contributed by atoms with E-state index in [2.05, 4.69) is 29.7 Å². The Labute approximate surface area is 110 Å². The van der Waals surface area contributed by atoms with E-state index in [1.54, 1.807) is 0 Å². The molecule has 2 aliphatic carbocycles. The van der Waals surface area contributed by atoms with Gasteiger partial charge in [-0.05, 0) is 50.0 Å². The van der Waals surface area contributed by atoms with E-state index in [1.807, 2.05) is 4.68 Å². The van der Waals surface area contributed by atoms with Crippen LogP contribution in [0.4, 0.5) is 0 Å². The number of nitrogens with zero attached hydrogens (tertiary/aromatic N) is 2. The number of aromatic nitrogens is 2. The summed E-state index contributed by atoms with van der Waals surface area (Å²) in [5.74, 6) is 0. The van der Waals surface area contributed by atoms with Gasteiger partial charge in [0.1, 0.15) is 0 Å². The van der Waals surface area contributed by atoms with Crippen LogP contribution in [0.15, 0.2) is 12.4 Å². The lowest BCUT2D eigenvalue weighted by Gasteiger charge is -2.29. The number of aryl methyl sites for hydroxylation is 1. The van der Waals surface area contributed by atoms with Gasteiger partial charge >= 0.3 is 0 Å². The molecular weight excluding hydrogens is 222 g/mol. The zero-order valence-corrected chi connectivity index (χ0v) is 11.5. The first-order valence-corrected chi connectivity index (χ1v) is 7.54. The van der Waals surface area contributed by atoms with Crippen molar-refractivity contribution in [1.82, 2.24) is 15.1 Å². The average Bonchev–Trinajstić information content (AvgIpc) is 2.93. The van der Waals surface area contributed by atoms with Crippen LogP contribution in [0.1, 0.15) is 51.0 Å². The first-order chi connectivity index (χ1) is 8.80. The summed E-state index contributed by atoms with van der Waals surface area (Å²) >= 11 is 0. The second-order valence-corrected chi connectivity index (χ2v) is 6.24. The van der Waals surface area contributed by atoms with Crippen molar-refractivity contribution in [3.05, 3.63) is 18.0 Å². The standard InChI is InChI=1S/C15H25N3/c1-2-18-11-13(10-17-18)9-15(7-3-4-8-15)12-16-14-5-6-14/h10-11,14,16H,2-9,12H2,1H3. The van der Waals surface area contributed by atoms with Crippen LogP contribution in [0.5, 0.6) is 0 Å². The van der Waals surface area contributed by atoms with Crippen LogP contribution >= 0.6 is 0 Å². The van der Waals surface area contributed by atoms with Crippen LogP contribution in [-0.2, 0) is 13.0 Å². The summed E-state index contributed by atoms with van der Waals surface area (Å²) in [5.41, 5.74) is 1.95. The van der Waals surface area contributed by atoms with Crippen molar-refractivity contribution in [3.63, 3.8) is 0 Å². The topological polar surface area (TPSA) is 29.9 Å². The molecule has 0 aliphatic heterocycles. The molecule has 2 fully saturated rings. The van der Waals surface area contributed by atoms with Gasteiger partial charge in [0.15, 0.2) is 0 Å². The van der Waals surface area contributed by atoms with E-state index in [0.717, 1.165) is 12.6 Å². The molecule has 0 spiro atoms. The molecule has 0 aromatic carbocycles. The van der Waals surface area contributed by atoms with E-state index >= 15 is 0 Å². The molecule has 0 bridgehead atoms. The van der Waals surface area contributed by atoms with Crippen LogP contribution in [0.3, 0.4) is 0 Å². The van der Waals surface area contributed by atoms with Crippen LogP contribution in [-0.4, -0.2) is 22.4 Å². The van der Waals surface area contributed by atoms with Crippen LogP contribution in [0, 0.1) is 5.41 Å². The Kier molecular flexibility index (Phi) is 3.42. The van der Waals surface area contributed by atoms with Crippen molar-refractivity contribution in [2.24, 2.45) is 5.41 Å². The molecule has 0 radical (unpaired) electrons. The summed E-state index contributed by atoms with van der Waals surface area (Å²) in [4.78, 5) is 0. The van der Waals surface area contributed by atoms with Gasteiger partial charge in [0.05, 0.1) is 6.20 Å². The van der Waals surface area contributed by atoms with Crippen molar-refractivity contribution in [2.75, 3.05) is 6.54 Å². The molecule has 0 atom stereocenters. The minimum atomic E-state index is 0.518. The minimum Gasteiger partial charge on any atom is -0.313 e. The SMILES string of the molecule is CCn1cc(CC2(CNC3CC3)CCCC2)cn1. The fourth-order valence-corrected chi connectivity index (χ4v) is 3.29. The Morgan fingerprint density at radius 1 is 1.39 bits per heavy atom. The summed E-state index contributed by atoms with van der Waals surface area (Å²) in [6, 6.07) is 0.834. The minimum absolute atomic E-state index is 0.518.